The lowest BCUT2D eigenvalue weighted by atomic mass is 9.98. The fraction of sp³-hybridized carbons (Fsp3) is 0.286. The molecule has 0 heterocycles. The van der Waals surface area contributed by atoms with Crippen molar-refractivity contribution in [2.24, 2.45) is 0 Å². The maximum absolute atomic E-state index is 12.2. The fourth-order valence-electron chi connectivity index (χ4n) is 4.35. The molecule has 4 rings (SSSR count). The number of rotatable bonds is 10. The van der Waals surface area contributed by atoms with Crippen LogP contribution in [0.25, 0.3) is 11.1 Å². The molecule has 6 heteroatoms. The number of ether oxygens (including phenoxy) is 2. The molecule has 0 saturated carbocycles. The zero-order chi connectivity index (χ0) is 23.9. The standard InChI is InChI=1S/C28H28Cl2NO3/c1-19-16-25(29)27(26(30)17-19)33-15-9-3-2-8-14-31-28(32)34-18-24-22-12-6-4-10-20(22)21-11-5-7-13-23(21)24/h4-7,10-13,16-17,24H,1-3,8-9,14-15,18H2,(H,31,32). The molecule has 0 atom stereocenters. The van der Waals surface area contributed by atoms with Crippen LogP contribution in [0.15, 0.2) is 60.7 Å². The first-order valence-corrected chi connectivity index (χ1v) is 12.3. The van der Waals surface area contributed by atoms with Crippen LogP contribution >= 0.6 is 23.2 Å². The molecule has 0 spiro atoms. The van der Waals surface area contributed by atoms with Crippen LogP contribution in [0.1, 0.15) is 48.3 Å². The van der Waals surface area contributed by atoms with E-state index >= 15 is 0 Å². The molecular weight excluding hydrogens is 469 g/mol. The number of halogens is 2. The summed E-state index contributed by atoms with van der Waals surface area (Å²) in [5.41, 5.74) is 5.62. The van der Waals surface area contributed by atoms with E-state index in [1.54, 1.807) is 12.1 Å². The van der Waals surface area contributed by atoms with E-state index in [9.17, 15) is 4.79 Å². The van der Waals surface area contributed by atoms with Crippen molar-refractivity contribution in [1.29, 1.82) is 0 Å². The summed E-state index contributed by atoms with van der Waals surface area (Å²) in [6.07, 6.45) is 3.34. The molecule has 0 aliphatic heterocycles. The van der Waals surface area contributed by atoms with Crippen molar-refractivity contribution in [2.75, 3.05) is 19.8 Å². The minimum atomic E-state index is -0.372. The van der Waals surface area contributed by atoms with Gasteiger partial charge in [0.25, 0.3) is 0 Å². The Morgan fingerprint density at radius 1 is 0.882 bits per heavy atom. The predicted octanol–water partition coefficient (Wildman–Crippen LogP) is 7.65. The summed E-state index contributed by atoms with van der Waals surface area (Å²) in [5.74, 6) is 0.581. The minimum Gasteiger partial charge on any atom is -0.490 e. The SMILES string of the molecule is [CH2]c1cc(Cl)c(OCCCCCCNC(=O)OCC2c3ccccc3-c3ccccc32)c(Cl)c1. The number of nitrogens with one attached hydrogen (secondary N) is 1. The van der Waals surface area contributed by atoms with Crippen molar-refractivity contribution < 1.29 is 14.3 Å². The fourth-order valence-corrected chi connectivity index (χ4v) is 4.99. The lowest BCUT2D eigenvalue weighted by molar-refractivity contribution is 0.143. The second-order valence-electron chi connectivity index (χ2n) is 8.40. The van der Waals surface area contributed by atoms with E-state index in [2.05, 4.69) is 36.5 Å². The molecule has 4 nitrogen and oxygen atoms in total. The van der Waals surface area contributed by atoms with Gasteiger partial charge in [0.15, 0.2) is 5.75 Å². The highest BCUT2D eigenvalue weighted by Crippen LogP contribution is 2.44. The summed E-state index contributed by atoms with van der Waals surface area (Å²) in [6, 6.07) is 20.1. The molecule has 34 heavy (non-hydrogen) atoms. The molecule has 3 aromatic rings. The first kappa shape index (κ1) is 24.4. The van der Waals surface area contributed by atoms with Crippen LogP contribution in [0.4, 0.5) is 4.79 Å². The van der Waals surface area contributed by atoms with E-state index in [1.165, 1.54) is 22.3 Å². The Kier molecular flexibility index (Phi) is 8.36. The summed E-state index contributed by atoms with van der Waals surface area (Å²) >= 11 is 12.3. The highest BCUT2D eigenvalue weighted by Gasteiger charge is 2.28. The third kappa shape index (κ3) is 5.86. The van der Waals surface area contributed by atoms with Crippen molar-refractivity contribution in [1.82, 2.24) is 5.32 Å². The quantitative estimate of drug-likeness (QED) is 0.293. The summed E-state index contributed by atoms with van der Waals surface area (Å²) in [5, 5.41) is 3.81. The van der Waals surface area contributed by atoms with Crippen molar-refractivity contribution in [2.45, 2.75) is 31.6 Å². The Morgan fingerprint density at radius 2 is 1.47 bits per heavy atom. The van der Waals surface area contributed by atoms with Crippen LogP contribution in [-0.2, 0) is 4.74 Å². The van der Waals surface area contributed by atoms with Gasteiger partial charge in [0, 0.05) is 12.5 Å². The molecule has 0 saturated heterocycles. The molecule has 3 aromatic carbocycles. The number of alkyl carbamates (subject to hydrolysis) is 1. The molecule has 1 amide bonds. The molecule has 177 valence electrons. The van der Waals surface area contributed by atoms with E-state index in [4.69, 9.17) is 32.7 Å². The van der Waals surface area contributed by atoms with Crippen LogP contribution in [0.3, 0.4) is 0 Å². The maximum Gasteiger partial charge on any atom is 0.407 e. The summed E-state index contributed by atoms with van der Waals surface area (Å²) in [7, 11) is 0. The van der Waals surface area contributed by atoms with E-state index in [0.717, 1.165) is 31.2 Å². The van der Waals surface area contributed by atoms with E-state index < -0.39 is 0 Å². The number of amides is 1. The van der Waals surface area contributed by atoms with Gasteiger partial charge < -0.3 is 14.8 Å². The van der Waals surface area contributed by atoms with Crippen molar-refractivity contribution in [3.8, 4) is 16.9 Å². The maximum atomic E-state index is 12.2. The lowest BCUT2D eigenvalue weighted by Gasteiger charge is -2.14. The Balaban J connectivity index is 1.12. The molecule has 1 radical (unpaired) electrons. The zero-order valence-corrected chi connectivity index (χ0v) is 20.5. The average Bonchev–Trinajstić information content (AvgIpc) is 3.14. The zero-order valence-electron chi connectivity index (χ0n) is 19.0. The second kappa shape index (κ2) is 11.6. The Bertz CT molecular complexity index is 1080. The number of hydrogen-bond acceptors (Lipinski definition) is 3. The molecule has 0 bridgehead atoms. The number of fused-ring (bicyclic) bond motifs is 3. The predicted molar refractivity (Wildman–Crippen MR) is 138 cm³/mol. The summed E-state index contributed by atoms with van der Waals surface area (Å²) in [6.45, 7) is 5.27. The summed E-state index contributed by atoms with van der Waals surface area (Å²) < 4.78 is 11.3. The van der Waals surface area contributed by atoms with Gasteiger partial charge in [0.05, 0.1) is 16.7 Å². The minimum absolute atomic E-state index is 0.0740. The van der Waals surface area contributed by atoms with Crippen LogP contribution < -0.4 is 10.1 Å². The largest absolute Gasteiger partial charge is 0.490 e. The van der Waals surface area contributed by atoms with Crippen LogP contribution in [0, 0.1) is 6.92 Å². The third-order valence-electron chi connectivity index (χ3n) is 5.99. The molecule has 0 fully saturated rings. The summed E-state index contributed by atoms with van der Waals surface area (Å²) in [4.78, 5) is 12.2. The monoisotopic (exact) mass is 496 g/mol. The van der Waals surface area contributed by atoms with Gasteiger partial charge in [0.1, 0.15) is 6.61 Å². The smallest absolute Gasteiger partial charge is 0.407 e. The molecular formula is C28H28Cl2NO3. The van der Waals surface area contributed by atoms with Crippen molar-refractivity contribution in [3.05, 3.63) is 94.3 Å². The highest BCUT2D eigenvalue weighted by molar-refractivity contribution is 6.37. The molecule has 1 aliphatic rings. The topological polar surface area (TPSA) is 47.6 Å². The molecule has 1 N–H and O–H groups in total. The Morgan fingerprint density at radius 3 is 2.12 bits per heavy atom. The van der Waals surface area contributed by atoms with Gasteiger partial charge in [-0.25, -0.2) is 4.79 Å². The first-order chi connectivity index (χ1) is 16.5. The van der Waals surface area contributed by atoms with Crippen LogP contribution in [0.5, 0.6) is 5.75 Å². The van der Waals surface area contributed by atoms with Crippen molar-refractivity contribution in [3.63, 3.8) is 0 Å². The van der Waals surface area contributed by atoms with E-state index in [-0.39, 0.29) is 12.0 Å². The number of benzene rings is 3. The highest BCUT2D eigenvalue weighted by atomic mass is 35.5. The van der Waals surface area contributed by atoms with Gasteiger partial charge >= 0.3 is 6.09 Å². The van der Waals surface area contributed by atoms with E-state index in [1.807, 2.05) is 24.3 Å². The Hall–Kier alpha value is -2.69. The third-order valence-corrected chi connectivity index (χ3v) is 6.55. The Labute approximate surface area is 211 Å². The number of carbonyl (C=O) groups excluding carboxylic acids is 1. The van der Waals surface area contributed by atoms with Gasteiger partial charge in [-0.3, -0.25) is 0 Å². The molecule has 0 unspecified atom stereocenters. The van der Waals surface area contributed by atoms with Gasteiger partial charge in [-0.15, -0.1) is 0 Å². The first-order valence-electron chi connectivity index (χ1n) is 11.6. The normalized spacial score (nSPS) is 12.2. The van der Waals surface area contributed by atoms with Gasteiger partial charge in [0.2, 0.25) is 0 Å². The van der Waals surface area contributed by atoms with Gasteiger partial charge in [-0.05, 0) is 59.7 Å². The van der Waals surface area contributed by atoms with E-state index in [0.29, 0.717) is 35.6 Å². The van der Waals surface area contributed by atoms with Crippen LogP contribution in [0.2, 0.25) is 10.0 Å². The number of unbranched alkanes of at least 4 members (excludes halogenated alkanes) is 3. The van der Waals surface area contributed by atoms with Gasteiger partial charge in [-0.2, -0.15) is 0 Å². The molecule has 0 aromatic heterocycles. The number of carbonyl (C=O) groups is 1. The average molecular weight is 497 g/mol. The lowest BCUT2D eigenvalue weighted by Crippen LogP contribution is -2.27. The van der Waals surface area contributed by atoms with Gasteiger partial charge in [-0.1, -0.05) is 84.6 Å². The number of hydrogen-bond donors (Lipinski definition) is 1. The van der Waals surface area contributed by atoms with Crippen LogP contribution in [-0.4, -0.2) is 25.9 Å². The second-order valence-corrected chi connectivity index (χ2v) is 9.22. The molecule has 1 aliphatic carbocycles. The van der Waals surface area contributed by atoms with Crippen molar-refractivity contribution >= 4 is 29.3 Å².